The van der Waals surface area contributed by atoms with E-state index in [4.69, 9.17) is 37.0 Å². The molecule has 0 aromatic rings. The monoisotopic (exact) mass is 1070 g/mol. The van der Waals surface area contributed by atoms with E-state index < -0.39 is 97.5 Å². The van der Waals surface area contributed by atoms with Crippen molar-refractivity contribution in [1.82, 2.24) is 0 Å². The van der Waals surface area contributed by atoms with Gasteiger partial charge in [0.15, 0.2) is 12.2 Å². The van der Waals surface area contributed by atoms with Crippen molar-refractivity contribution in [3.8, 4) is 0 Å². The summed E-state index contributed by atoms with van der Waals surface area (Å²) in [6, 6.07) is 0. The van der Waals surface area contributed by atoms with Crippen LogP contribution >= 0.6 is 15.6 Å². The molecule has 3 N–H and O–H groups in total. The Hall–Kier alpha value is -1.94. The van der Waals surface area contributed by atoms with Gasteiger partial charge in [-0.05, 0) is 25.7 Å². The SMILES string of the molecule is CCCCCCCCCCCCCCCCC(=O)O[C@H](COC(=O)CCCCCCCCCC)COP(=O)(O)OC[C@@H](O)COP(=O)(O)OC[C@@H](COC(=O)CCCCCCC)OC(=O)CCCCCCC. The minimum Gasteiger partial charge on any atom is -0.462 e. The van der Waals surface area contributed by atoms with Gasteiger partial charge in [-0.1, -0.05) is 207 Å². The zero-order chi connectivity index (χ0) is 53.4. The lowest BCUT2D eigenvalue weighted by atomic mass is 10.0. The first kappa shape index (κ1) is 70.1. The average molecular weight is 1070 g/mol. The van der Waals surface area contributed by atoms with Crippen LogP contribution in [0.1, 0.15) is 259 Å². The molecule has 0 saturated carbocycles. The number of carbonyl (C=O) groups is 4. The Morgan fingerprint density at radius 1 is 0.333 bits per heavy atom. The Kier molecular flexibility index (Phi) is 47.4. The van der Waals surface area contributed by atoms with E-state index in [1.807, 2.05) is 0 Å². The molecule has 72 heavy (non-hydrogen) atoms. The predicted octanol–water partition coefficient (Wildman–Crippen LogP) is 13.6. The molecule has 0 aromatic heterocycles. The zero-order valence-corrected chi connectivity index (χ0v) is 47.2. The highest BCUT2D eigenvalue weighted by molar-refractivity contribution is 7.47. The van der Waals surface area contributed by atoms with Gasteiger partial charge in [0.25, 0.3) is 0 Å². The molecule has 19 heteroatoms. The average Bonchev–Trinajstić information content (AvgIpc) is 3.35. The number of rotatable bonds is 54. The van der Waals surface area contributed by atoms with E-state index in [1.165, 1.54) is 77.0 Å². The van der Waals surface area contributed by atoms with Gasteiger partial charge < -0.3 is 33.8 Å². The van der Waals surface area contributed by atoms with Gasteiger partial charge in [0, 0.05) is 25.7 Å². The molecule has 0 fully saturated rings. The summed E-state index contributed by atoms with van der Waals surface area (Å²) < 4.78 is 67.1. The van der Waals surface area contributed by atoms with Gasteiger partial charge in [0.2, 0.25) is 0 Å². The zero-order valence-electron chi connectivity index (χ0n) is 45.4. The number of hydrogen-bond donors (Lipinski definition) is 3. The lowest BCUT2D eigenvalue weighted by Crippen LogP contribution is -2.30. The molecule has 2 unspecified atom stereocenters. The van der Waals surface area contributed by atoms with E-state index in [9.17, 15) is 43.2 Å². The minimum absolute atomic E-state index is 0.0989. The molecule has 0 bridgehead atoms. The normalized spacial score (nSPS) is 14.5. The minimum atomic E-state index is -4.93. The van der Waals surface area contributed by atoms with Crippen molar-refractivity contribution in [2.24, 2.45) is 0 Å². The molecule has 0 radical (unpaired) electrons. The van der Waals surface area contributed by atoms with Crippen LogP contribution in [0, 0.1) is 0 Å². The van der Waals surface area contributed by atoms with Crippen LogP contribution in [0.2, 0.25) is 0 Å². The van der Waals surface area contributed by atoms with Crippen LogP contribution < -0.4 is 0 Å². The Bertz CT molecular complexity index is 1420. The summed E-state index contributed by atoms with van der Waals surface area (Å²) in [5.74, 6) is -2.17. The van der Waals surface area contributed by atoms with Crippen molar-refractivity contribution >= 4 is 39.5 Å². The van der Waals surface area contributed by atoms with Crippen LogP contribution in [-0.4, -0.2) is 96.7 Å². The molecule has 0 saturated heterocycles. The van der Waals surface area contributed by atoms with E-state index in [0.29, 0.717) is 25.7 Å². The molecule has 426 valence electrons. The molecule has 0 amide bonds. The van der Waals surface area contributed by atoms with Crippen LogP contribution in [0.15, 0.2) is 0 Å². The molecular formula is C53H102O17P2. The molecular weight excluding hydrogens is 971 g/mol. The third-order valence-electron chi connectivity index (χ3n) is 12.1. The summed E-state index contributed by atoms with van der Waals surface area (Å²) in [6.07, 6.45) is 30.1. The van der Waals surface area contributed by atoms with Gasteiger partial charge in [0.05, 0.1) is 26.4 Å². The van der Waals surface area contributed by atoms with Gasteiger partial charge >= 0.3 is 39.5 Å². The predicted molar refractivity (Wildman–Crippen MR) is 280 cm³/mol. The maximum absolute atomic E-state index is 12.8. The fraction of sp³-hybridized carbons (Fsp3) is 0.925. The number of phosphoric ester groups is 2. The largest absolute Gasteiger partial charge is 0.472 e. The lowest BCUT2D eigenvalue weighted by Gasteiger charge is -2.21. The van der Waals surface area contributed by atoms with Gasteiger partial charge in [-0.25, -0.2) is 9.13 Å². The van der Waals surface area contributed by atoms with E-state index >= 15 is 0 Å². The second-order valence-corrected chi connectivity index (χ2v) is 22.2. The number of phosphoric acid groups is 2. The highest BCUT2D eigenvalue weighted by Crippen LogP contribution is 2.45. The highest BCUT2D eigenvalue weighted by atomic mass is 31.2. The number of hydrogen-bond acceptors (Lipinski definition) is 15. The van der Waals surface area contributed by atoms with Crippen molar-refractivity contribution in [3.05, 3.63) is 0 Å². The second kappa shape index (κ2) is 48.7. The fourth-order valence-electron chi connectivity index (χ4n) is 7.69. The molecule has 0 aliphatic carbocycles. The number of esters is 4. The van der Waals surface area contributed by atoms with Gasteiger partial charge in [-0.15, -0.1) is 0 Å². The number of aliphatic hydroxyl groups is 1. The molecule has 0 heterocycles. The summed E-state index contributed by atoms with van der Waals surface area (Å²) in [6.45, 7) is 4.60. The summed E-state index contributed by atoms with van der Waals surface area (Å²) in [7, 11) is -9.84. The third kappa shape index (κ3) is 47.8. The quantitative estimate of drug-likeness (QED) is 0.0222. The topological polar surface area (TPSA) is 237 Å². The van der Waals surface area contributed by atoms with Crippen LogP contribution in [-0.2, 0) is 65.4 Å². The number of carbonyl (C=O) groups excluding carboxylic acids is 4. The van der Waals surface area contributed by atoms with Crippen LogP contribution in [0.25, 0.3) is 0 Å². The van der Waals surface area contributed by atoms with Gasteiger partial charge in [0.1, 0.15) is 19.3 Å². The maximum atomic E-state index is 12.8. The van der Waals surface area contributed by atoms with E-state index in [0.717, 1.165) is 103 Å². The molecule has 0 aliphatic heterocycles. The molecule has 17 nitrogen and oxygen atoms in total. The Balaban J connectivity index is 5.11. The first-order valence-corrected chi connectivity index (χ1v) is 31.3. The van der Waals surface area contributed by atoms with Crippen molar-refractivity contribution in [2.45, 2.75) is 277 Å². The smallest absolute Gasteiger partial charge is 0.462 e. The van der Waals surface area contributed by atoms with Crippen molar-refractivity contribution in [1.29, 1.82) is 0 Å². The lowest BCUT2D eigenvalue weighted by molar-refractivity contribution is -0.161. The van der Waals surface area contributed by atoms with E-state index in [2.05, 4.69) is 27.7 Å². The molecule has 5 atom stereocenters. The number of unbranched alkanes of at least 4 members (excludes halogenated alkanes) is 28. The third-order valence-corrected chi connectivity index (χ3v) is 14.0. The highest BCUT2D eigenvalue weighted by Gasteiger charge is 2.30. The maximum Gasteiger partial charge on any atom is 0.472 e. The summed E-state index contributed by atoms with van der Waals surface area (Å²) >= 11 is 0. The Labute approximate surface area is 435 Å². The second-order valence-electron chi connectivity index (χ2n) is 19.3. The van der Waals surface area contributed by atoms with Crippen molar-refractivity contribution in [3.63, 3.8) is 0 Å². The number of ether oxygens (including phenoxy) is 4. The Morgan fingerprint density at radius 2 is 0.556 bits per heavy atom. The van der Waals surface area contributed by atoms with Crippen LogP contribution in [0.4, 0.5) is 0 Å². The van der Waals surface area contributed by atoms with Crippen molar-refractivity contribution in [2.75, 3.05) is 39.6 Å². The molecule has 0 aliphatic rings. The van der Waals surface area contributed by atoms with Crippen molar-refractivity contribution < 1.29 is 80.2 Å². The molecule has 0 aromatic carbocycles. The van der Waals surface area contributed by atoms with E-state index in [-0.39, 0.29) is 25.7 Å². The first-order valence-electron chi connectivity index (χ1n) is 28.3. The fourth-order valence-corrected chi connectivity index (χ4v) is 9.27. The van der Waals surface area contributed by atoms with Crippen LogP contribution in [0.3, 0.4) is 0 Å². The standard InChI is InChI=1S/C53H102O17P2/c1-5-9-13-17-19-21-22-23-24-25-26-28-32-36-40-53(58)70-49(44-64-51(56)38-34-31-27-20-18-14-10-6-2)46-68-72(61,62)66-42-47(54)41-65-71(59,60)67-45-48(69-52(57)39-35-30-16-12-8-4)43-63-50(55)37-33-29-15-11-7-3/h47-49,54H,5-46H2,1-4H3,(H,59,60)(H,61,62)/t47-,48+,49+/m0/s1. The van der Waals surface area contributed by atoms with E-state index in [1.54, 1.807) is 0 Å². The Morgan fingerprint density at radius 3 is 0.819 bits per heavy atom. The first-order chi connectivity index (χ1) is 34.7. The summed E-state index contributed by atoms with van der Waals surface area (Å²) in [5.41, 5.74) is 0. The molecule has 0 rings (SSSR count). The van der Waals surface area contributed by atoms with Gasteiger partial charge in [-0.2, -0.15) is 0 Å². The number of aliphatic hydroxyl groups excluding tert-OH is 1. The van der Waals surface area contributed by atoms with Gasteiger partial charge in [-0.3, -0.25) is 37.3 Å². The summed E-state index contributed by atoms with van der Waals surface area (Å²) in [5, 5.41) is 10.4. The summed E-state index contributed by atoms with van der Waals surface area (Å²) in [4.78, 5) is 71.1. The molecule has 0 spiro atoms. The van der Waals surface area contributed by atoms with Crippen LogP contribution in [0.5, 0.6) is 0 Å².